The van der Waals surface area contributed by atoms with E-state index < -0.39 is 11.6 Å². The maximum absolute atomic E-state index is 13.6. The van der Waals surface area contributed by atoms with E-state index in [-0.39, 0.29) is 5.52 Å². The minimum atomic E-state index is -0.936. The Labute approximate surface area is 111 Å². The van der Waals surface area contributed by atoms with Crippen molar-refractivity contribution in [3.63, 3.8) is 0 Å². The zero-order chi connectivity index (χ0) is 13.4. The van der Waals surface area contributed by atoms with Crippen LogP contribution in [0.3, 0.4) is 0 Å². The monoisotopic (exact) mass is 280 g/mol. The standard InChI is InChI=1S/C12H10F2N4S/c1-2-3-8-11(19-18-17-8)12-15-7-5-4-6(13)9(14)10(7)16-12/h4-5H,2-3H2,1H3,(H,15,16). The smallest absolute Gasteiger partial charge is 0.186 e. The van der Waals surface area contributed by atoms with Gasteiger partial charge >= 0.3 is 0 Å². The summed E-state index contributed by atoms with van der Waals surface area (Å²) in [6.07, 6.45) is 1.71. The zero-order valence-corrected chi connectivity index (χ0v) is 10.9. The van der Waals surface area contributed by atoms with Gasteiger partial charge in [0.1, 0.15) is 10.4 Å². The van der Waals surface area contributed by atoms with Crippen LogP contribution in [0.2, 0.25) is 0 Å². The summed E-state index contributed by atoms with van der Waals surface area (Å²) in [5, 5.41) is 4.03. The SMILES string of the molecule is CCCc1nnsc1-c1nc2c(F)c(F)ccc2[nH]1. The first kappa shape index (κ1) is 12.2. The van der Waals surface area contributed by atoms with Crippen LogP contribution in [0.15, 0.2) is 12.1 Å². The Morgan fingerprint density at radius 1 is 1.32 bits per heavy atom. The molecule has 2 aromatic heterocycles. The molecule has 0 saturated carbocycles. The molecule has 0 bridgehead atoms. The molecular formula is C12H10F2N4S. The lowest BCUT2D eigenvalue weighted by Gasteiger charge is -1.94. The molecule has 19 heavy (non-hydrogen) atoms. The van der Waals surface area contributed by atoms with Crippen molar-refractivity contribution < 1.29 is 8.78 Å². The zero-order valence-electron chi connectivity index (χ0n) is 10.1. The summed E-state index contributed by atoms with van der Waals surface area (Å²) in [6, 6.07) is 2.55. The molecule has 0 aliphatic heterocycles. The average Bonchev–Trinajstić information content (AvgIpc) is 3.00. The molecule has 0 radical (unpaired) electrons. The molecule has 0 spiro atoms. The molecule has 98 valence electrons. The highest BCUT2D eigenvalue weighted by molar-refractivity contribution is 7.09. The lowest BCUT2D eigenvalue weighted by molar-refractivity contribution is 0.515. The van der Waals surface area contributed by atoms with Gasteiger partial charge in [0.25, 0.3) is 0 Å². The average molecular weight is 280 g/mol. The summed E-state index contributed by atoms with van der Waals surface area (Å²) in [5.74, 6) is -1.35. The normalized spacial score (nSPS) is 11.3. The molecule has 3 aromatic rings. The number of halogens is 2. The third-order valence-corrected chi connectivity index (χ3v) is 3.58. The van der Waals surface area contributed by atoms with Crippen molar-refractivity contribution in [3.8, 4) is 10.7 Å². The second-order valence-electron chi connectivity index (χ2n) is 4.14. The van der Waals surface area contributed by atoms with E-state index in [4.69, 9.17) is 0 Å². The van der Waals surface area contributed by atoms with Crippen LogP contribution in [-0.4, -0.2) is 19.6 Å². The van der Waals surface area contributed by atoms with E-state index in [1.807, 2.05) is 6.92 Å². The number of rotatable bonds is 3. The van der Waals surface area contributed by atoms with Crippen molar-refractivity contribution in [2.24, 2.45) is 0 Å². The molecule has 2 heterocycles. The van der Waals surface area contributed by atoms with E-state index >= 15 is 0 Å². The van der Waals surface area contributed by atoms with Crippen molar-refractivity contribution in [2.75, 3.05) is 0 Å². The summed E-state index contributed by atoms with van der Waals surface area (Å²) in [5.41, 5.74) is 1.29. The topological polar surface area (TPSA) is 54.5 Å². The van der Waals surface area contributed by atoms with Gasteiger partial charge < -0.3 is 4.98 Å². The number of imidazole rings is 1. The summed E-state index contributed by atoms with van der Waals surface area (Å²) in [6.45, 7) is 2.04. The van der Waals surface area contributed by atoms with Crippen LogP contribution in [0, 0.1) is 11.6 Å². The molecule has 0 unspecified atom stereocenters. The third-order valence-electron chi connectivity index (χ3n) is 2.80. The summed E-state index contributed by atoms with van der Waals surface area (Å²) < 4.78 is 30.7. The Morgan fingerprint density at radius 2 is 2.16 bits per heavy atom. The van der Waals surface area contributed by atoms with Crippen molar-refractivity contribution in [1.29, 1.82) is 0 Å². The first-order valence-corrected chi connectivity index (χ1v) is 6.63. The lowest BCUT2D eigenvalue weighted by Crippen LogP contribution is -1.88. The van der Waals surface area contributed by atoms with Crippen LogP contribution in [0.5, 0.6) is 0 Å². The Morgan fingerprint density at radius 3 is 2.95 bits per heavy atom. The predicted octanol–water partition coefficient (Wildman–Crippen LogP) is 3.31. The predicted molar refractivity (Wildman–Crippen MR) is 68.9 cm³/mol. The second kappa shape index (κ2) is 4.65. The van der Waals surface area contributed by atoms with Crippen molar-refractivity contribution in [2.45, 2.75) is 19.8 Å². The first-order chi connectivity index (χ1) is 9.20. The Hall–Kier alpha value is -1.89. The third kappa shape index (κ3) is 1.99. The van der Waals surface area contributed by atoms with Gasteiger partial charge in [-0.15, -0.1) is 5.10 Å². The van der Waals surface area contributed by atoms with Gasteiger partial charge in [-0.1, -0.05) is 17.8 Å². The number of nitrogens with one attached hydrogen (secondary N) is 1. The lowest BCUT2D eigenvalue weighted by atomic mass is 10.2. The minimum absolute atomic E-state index is 0.00542. The van der Waals surface area contributed by atoms with Gasteiger partial charge in [0, 0.05) is 0 Å². The maximum Gasteiger partial charge on any atom is 0.186 e. The number of hydrogen-bond acceptors (Lipinski definition) is 4. The minimum Gasteiger partial charge on any atom is -0.337 e. The first-order valence-electron chi connectivity index (χ1n) is 5.86. The highest BCUT2D eigenvalue weighted by Gasteiger charge is 2.17. The fourth-order valence-electron chi connectivity index (χ4n) is 1.91. The number of benzene rings is 1. The van der Waals surface area contributed by atoms with Crippen LogP contribution in [-0.2, 0) is 6.42 Å². The van der Waals surface area contributed by atoms with Crippen LogP contribution >= 0.6 is 11.5 Å². The molecule has 0 aliphatic carbocycles. The fraction of sp³-hybridized carbons (Fsp3) is 0.250. The Kier molecular flexibility index (Phi) is 2.98. The van der Waals surface area contributed by atoms with E-state index in [9.17, 15) is 8.78 Å². The summed E-state index contributed by atoms with van der Waals surface area (Å²) in [4.78, 5) is 7.87. The molecule has 0 atom stereocenters. The molecule has 0 fully saturated rings. The molecular weight excluding hydrogens is 270 g/mol. The molecule has 3 rings (SSSR count). The van der Waals surface area contributed by atoms with E-state index in [1.54, 1.807) is 0 Å². The number of hydrogen-bond donors (Lipinski definition) is 1. The highest BCUT2D eigenvalue weighted by atomic mass is 32.1. The number of aryl methyl sites for hydroxylation is 1. The van der Waals surface area contributed by atoms with Gasteiger partial charge in [-0.25, -0.2) is 13.8 Å². The van der Waals surface area contributed by atoms with Crippen molar-refractivity contribution in [3.05, 3.63) is 29.5 Å². The number of fused-ring (bicyclic) bond motifs is 1. The Balaban J connectivity index is 2.15. The quantitative estimate of drug-likeness (QED) is 0.800. The molecule has 0 aliphatic rings. The van der Waals surface area contributed by atoms with E-state index in [1.165, 1.54) is 17.6 Å². The van der Waals surface area contributed by atoms with Gasteiger partial charge in [0.2, 0.25) is 0 Å². The molecule has 4 nitrogen and oxygen atoms in total. The number of aromatic nitrogens is 4. The molecule has 0 saturated heterocycles. The van der Waals surface area contributed by atoms with Crippen molar-refractivity contribution in [1.82, 2.24) is 19.6 Å². The van der Waals surface area contributed by atoms with E-state index in [0.29, 0.717) is 11.3 Å². The van der Waals surface area contributed by atoms with Gasteiger partial charge in [0.15, 0.2) is 17.5 Å². The van der Waals surface area contributed by atoms with Crippen molar-refractivity contribution >= 4 is 22.6 Å². The Bertz CT molecular complexity index is 734. The largest absolute Gasteiger partial charge is 0.337 e. The molecule has 1 aromatic carbocycles. The van der Waals surface area contributed by atoms with Crippen LogP contribution in [0.4, 0.5) is 8.78 Å². The summed E-state index contributed by atoms with van der Waals surface area (Å²) in [7, 11) is 0. The van der Waals surface area contributed by atoms with E-state index in [2.05, 4.69) is 19.6 Å². The van der Waals surface area contributed by atoms with Gasteiger partial charge in [0.05, 0.1) is 11.2 Å². The molecule has 0 amide bonds. The van der Waals surface area contributed by atoms with Gasteiger partial charge in [-0.05, 0) is 30.1 Å². The second-order valence-corrected chi connectivity index (χ2v) is 4.90. The number of nitrogens with zero attached hydrogens (tertiary/aromatic N) is 3. The highest BCUT2D eigenvalue weighted by Crippen LogP contribution is 2.28. The van der Waals surface area contributed by atoms with Crippen LogP contribution in [0.1, 0.15) is 19.0 Å². The summed E-state index contributed by atoms with van der Waals surface area (Å²) >= 11 is 1.20. The van der Waals surface area contributed by atoms with E-state index in [0.717, 1.165) is 29.5 Å². The maximum atomic E-state index is 13.6. The van der Waals surface area contributed by atoms with Gasteiger partial charge in [-0.2, -0.15) is 0 Å². The molecule has 7 heteroatoms. The molecule has 1 N–H and O–H groups in total. The number of aromatic amines is 1. The van der Waals surface area contributed by atoms with Gasteiger partial charge in [-0.3, -0.25) is 0 Å². The van der Waals surface area contributed by atoms with Crippen LogP contribution in [0.25, 0.3) is 21.7 Å². The van der Waals surface area contributed by atoms with Crippen LogP contribution < -0.4 is 0 Å². The fourth-order valence-corrected chi connectivity index (χ4v) is 2.57. The number of H-pyrrole nitrogens is 1.